The molecule has 2 heterocycles. The largest absolute Gasteiger partial charge is 0.349 e. The summed E-state index contributed by atoms with van der Waals surface area (Å²) >= 11 is 1.34. The zero-order chi connectivity index (χ0) is 24.1. The lowest BCUT2D eigenvalue weighted by Gasteiger charge is -2.26. The van der Waals surface area contributed by atoms with Crippen LogP contribution in [0.2, 0.25) is 0 Å². The van der Waals surface area contributed by atoms with Crippen molar-refractivity contribution in [3.05, 3.63) is 70.8 Å². The molecule has 1 aromatic heterocycles. The summed E-state index contributed by atoms with van der Waals surface area (Å²) < 4.78 is 15.5. The minimum atomic E-state index is -0.289. The van der Waals surface area contributed by atoms with Crippen molar-refractivity contribution in [1.82, 2.24) is 25.0 Å². The Morgan fingerprint density at radius 3 is 2.50 bits per heavy atom. The monoisotopic (exact) mass is 481 g/mol. The van der Waals surface area contributed by atoms with Crippen LogP contribution in [-0.2, 0) is 11.3 Å². The molecule has 1 amide bonds. The van der Waals surface area contributed by atoms with Gasteiger partial charge < -0.3 is 5.32 Å². The summed E-state index contributed by atoms with van der Waals surface area (Å²) in [6, 6.07) is 12.5. The highest BCUT2D eigenvalue weighted by molar-refractivity contribution is 7.99. The molecule has 34 heavy (non-hydrogen) atoms. The van der Waals surface area contributed by atoms with Crippen LogP contribution in [0, 0.1) is 19.7 Å². The van der Waals surface area contributed by atoms with E-state index in [9.17, 15) is 9.18 Å². The first-order valence-electron chi connectivity index (χ1n) is 11.8. The lowest BCUT2D eigenvalue weighted by molar-refractivity contribution is -0.119. The molecular weight excluding hydrogens is 449 g/mol. The lowest BCUT2D eigenvalue weighted by Crippen LogP contribution is -2.30. The number of nitrogens with one attached hydrogen (secondary N) is 1. The Hall–Kier alpha value is -2.71. The second kappa shape index (κ2) is 11.1. The fraction of sp³-hybridized carbons (Fsp3) is 0.423. The first kappa shape index (κ1) is 24.4. The number of benzene rings is 2. The van der Waals surface area contributed by atoms with E-state index >= 15 is 0 Å². The first-order valence-corrected chi connectivity index (χ1v) is 12.8. The van der Waals surface area contributed by atoms with Gasteiger partial charge in [-0.15, -0.1) is 10.2 Å². The van der Waals surface area contributed by atoms with E-state index in [1.165, 1.54) is 54.3 Å². The summed E-state index contributed by atoms with van der Waals surface area (Å²) in [6.45, 7) is 8.91. The van der Waals surface area contributed by atoms with Crippen LogP contribution in [-0.4, -0.2) is 44.4 Å². The maximum Gasteiger partial charge on any atom is 0.230 e. The molecule has 4 rings (SSSR count). The summed E-state index contributed by atoms with van der Waals surface area (Å²) in [5, 5.41) is 12.5. The van der Waals surface area contributed by atoms with Crippen LogP contribution in [0.5, 0.6) is 0 Å². The molecule has 1 atom stereocenters. The number of piperidine rings is 1. The highest BCUT2D eigenvalue weighted by Gasteiger charge is 2.20. The molecular formula is C26H32FN5OS. The van der Waals surface area contributed by atoms with Crippen molar-refractivity contribution in [3.63, 3.8) is 0 Å². The molecule has 1 aliphatic heterocycles. The van der Waals surface area contributed by atoms with E-state index in [-0.39, 0.29) is 23.5 Å². The molecule has 1 N–H and O–H groups in total. The van der Waals surface area contributed by atoms with Crippen LogP contribution in [0.15, 0.2) is 47.6 Å². The SMILES string of the molecule is Cc1ccc(C(C)NC(=O)CSc2nnc(CN3CCCCC3)n2-c2ccc(F)cc2)cc1C. The van der Waals surface area contributed by atoms with Gasteiger partial charge in [0.15, 0.2) is 11.0 Å². The normalized spacial score (nSPS) is 15.3. The third kappa shape index (κ3) is 6.04. The second-order valence-electron chi connectivity index (χ2n) is 8.97. The van der Waals surface area contributed by atoms with Crippen molar-refractivity contribution >= 4 is 17.7 Å². The molecule has 0 spiro atoms. The van der Waals surface area contributed by atoms with Crippen LogP contribution in [0.25, 0.3) is 5.69 Å². The highest BCUT2D eigenvalue weighted by Crippen LogP contribution is 2.24. The first-order chi connectivity index (χ1) is 16.4. The topological polar surface area (TPSA) is 63.1 Å². The molecule has 3 aromatic rings. The highest BCUT2D eigenvalue weighted by atomic mass is 32.2. The van der Waals surface area contributed by atoms with Gasteiger partial charge in [-0.05, 0) is 87.7 Å². The van der Waals surface area contributed by atoms with E-state index in [1.54, 1.807) is 12.1 Å². The van der Waals surface area contributed by atoms with Crippen molar-refractivity contribution < 1.29 is 9.18 Å². The summed E-state index contributed by atoms with van der Waals surface area (Å²) in [7, 11) is 0. The Balaban J connectivity index is 1.46. The zero-order valence-electron chi connectivity index (χ0n) is 20.1. The number of amides is 1. The number of hydrogen-bond donors (Lipinski definition) is 1. The molecule has 6 nitrogen and oxygen atoms in total. The van der Waals surface area contributed by atoms with E-state index in [2.05, 4.69) is 52.5 Å². The van der Waals surface area contributed by atoms with Crippen molar-refractivity contribution in [2.45, 2.75) is 57.8 Å². The maximum absolute atomic E-state index is 13.6. The third-order valence-corrected chi connectivity index (χ3v) is 7.27. The summed E-state index contributed by atoms with van der Waals surface area (Å²) in [5.41, 5.74) is 4.32. The standard InChI is InChI=1S/C26H32FN5OS/c1-18-7-8-21(15-19(18)2)20(3)28-25(33)17-34-26-30-29-24(16-31-13-5-4-6-14-31)32(26)23-11-9-22(27)10-12-23/h7-12,15,20H,4-6,13-14,16-17H2,1-3H3,(H,28,33). The average molecular weight is 482 g/mol. The number of halogens is 1. The van der Waals surface area contributed by atoms with Crippen LogP contribution in [0.4, 0.5) is 4.39 Å². The van der Waals surface area contributed by atoms with Gasteiger partial charge in [0.05, 0.1) is 18.3 Å². The quantitative estimate of drug-likeness (QED) is 0.460. The Bertz CT molecular complexity index is 1120. The second-order valence-corrected chi connectivity index (χ2v) is 9.91. The number of nitrogens with zero attached hydrogens (tertiary/aromatic N) is 4. The van der Waals surface area contributed by atoms with Gasteiger partial charge in [-0.25, -0.2) is 4.39 Å². The minimum absolute atomic E-state index is 0.0676. The predicted molar refractivity (Wildman–Crippen MR) is 134 cm³/mol. The van der Waals surface area contributed by atoms with E-state index in [1.807, 2.05) is 11.5 Å². The van der Waals surface area contributed by atoms with Gasteiger partial charge in [-0.2, -0.15) is 0 Å². The van der Waals surface area contributed by atoms with E-state index < -0.39 is 0 Å². The molecule has 180 valence electrons. The van der Waals surface area contributed by atoms with Crippen LogP contribution in [0.1, 0.15) is 54.7 Å². The molecule has 0 bridgehead atoms. The Morgan fingerprint density at radius 1 is 1.06 bits per heavy atom. The van der Waals surface area contributed by atoms with Gasteiger partial charge in [-0.1, -0.05) is 36.4 Å². The molecule has 8 heteroatoms. The zero-order valence-corrected chi connectivity index (χ0v) is 20.9. The van der Waals surface area contributed by atoms with Crippen molar-refractivity contribution in [2.24, 2.45) is 0 Å². The van der Waals surface area contributed by atoms with E-state index in [0.29, 0.717) is 11.7 Å². The summed E-state index contributed by atoms with van der Waals surface area (Å²) in [4.78, 5) is 15.1. The maximum atomic E-state index is 13.6. The smallest absolute Gasteiger partial charge is 0.230 e. The van der Waals surface area contributed by atoms with Gasteiger partial charge in [0.2, 0.25) is 5.91 Å². The fourth-order valence-corrected chi connectivity index (χ4v) is 4.98. The lowest BCUT2D eigenvalue weighted by atomic mass is 10.0. The Labute approximate surface area is 205 Å². The molecule has 0 radical (unpaired) electrons. The molecule has 1 aliphatic rings. The van der Waals surface area contributed by atoms with Crippen LogP contribution >= 0.6 is 11.8 Å². The number of thioether (sulfide) groups is 1. The van der Waals surface area contributed by atoms with E-state index in [4.69, 9.17) is 0 Å². The Morgan fingerprint density at radius 2 is 1.79 bits per heavy atom. The minimum Gasteiger partial charge on any atom is -0.349 e. The van der Waals surface area contributed by atoms with E-state index in [0.717, 1.165) is 30.2 Å². The number of aromatic nitrogens is 3. The number of carbonyl (C=O) groups excluding carboxylic acids is 1. The molecule has 1 saturated heterocycles. The van der Waals surface area contributed by atoms with Gasteiger partial charge in [0.25, 0.3) is 0 Å². The van der Waals surface area contributed by atoms with Gasteiger partial charge >= 0.3 is 0 Å². The van der Waals surface area contributed by atoms with Crippen molar-refractivity contribution in [3.8, 4) is 5.69 Å². The Kier molecular flexibility index (Phi) is 8.00. The van der Waals surface area contributed by atoms with Gasteiger partial charge in [0, 0.05) is 5.69 Å². The molecule has 2 aromatic carbocycles. The molecule has 0 aliphatic carbocycles. The van der Waals surface area contributed by atoms with Gasteiger partial charge in [0.1, 0.15) is 5.82 Å². The summed E-state index contributed by atoms with van der Waals surface area (Å²) in [5.74, 6) is 0.670. The number of aryl methyl sites for hydroxylation is 2. The predicted octanol–water partition coefficient (Wildman–Crippen LogP) is 4.98. The molecule has 1 fully saturated rings. The molecule has 0 saturated carbocycles. The van der Waals surface area contributed by atoms with Gasteiger partial charge in [-0.3, -0.25) is 14.3 Å². The van der Waals surface area contributed by atoms with Crippen molar-refractivity contribution in [1.29, 1.82) is 0 Å². The number of carbonyl (C=O) groups is 1. The van der Waals surface area contributed by atoms with Crippen LogP contribution in [0.3, 0.4) is 0 Å². The van der Waals surface area contributed by atoms with Crippen molar-refractivity contribution in [2.75, 3.05) is 18.8 Å². The number of hydrogen-bond acceptors (Lipinski definition) is 5. The molecule has 1 unspecified atom stereocenters. The average Bonchev–Trinajstić information content (AvgIpc) is 3.23. The van der Waals surface area contributed by atoms with Crippen LogP contribution < -0.4 is 5.32 Å². The third-order valence-electron chi connectivity index (χ3n) is 6.34. The number of rotatable bonds is 8. The fourth-order valence-electron chi connectivity index (χ4n) is 4.19. The number of likely N-dealkylation sites (tertiary alicyclic amines) is 1. The summed E-state index contributed by atoms with van der Waals surface area (Å²) in [6.07, 6.45) is 3.63.